The zero-order valence-electron chi connectivity index (χ0n) is 16.7. The smallest absolute Gasteiger partial charge is 0.258 e. The first-order chi connectivity index (χ1) is 14.0. The van der Waals surface area contributed by atoms with Crippen LogP contribution < -0.4 is 10.9 Å². The number of rotatable bonds is 6. The molecule has 5 heteroatoms. The molecule has 0 aliphatic carbocycles. The summed E-state index contributed by atoms with van der Waals surface area (Å²) < 4.78 is 1.65. The summed E-state index contributed by atoms with van der Waals surface area (Å²) in [5, 5.41) is 5.48. The van der Waals surface area contributed by atoms with Crippen LogP contribution in [0.15, 0.2) is 65.7 Å². The SMILES string of the molecule is CC(C)Cn1cc(C(=O)NCCc2c[nH]c3ccccc23)c2ccccc2c1=O. The second-order valence-electron chi connectivity index (χ2n) is 7.81. The van der Waals surface area contributed by atoms with Crippen LogP contribution in [0.5, 0.6) is 0 Å². The predicted molar refractivity (Wildman–Crippen MR) is 117 cm³/mol. The Balaban J connectivity index is 1.58. The number of nitrogens with one attached hydrogen (secondary N) is 2. The Morgan fingerprint density at radius 1 is 1.03 bits per heavy atom. The minimum Gasteiger partial charge on any atom is -0.361 e. The molecule has 1 amide bonds. The normalized spacial score (nSPS) is 11.4. The van der Waals surface area contributed by atoms with Gasteiger partial charge in [-0.05, 0) is 30.0 Å². The summed E-state index contributed by atoms with van der Waals surface area (Å²) in [6.45, 7) is 5.22. The number of amides is 1. The molecule has 2 N–H and O–H groups in total. The van der Waals surface area contributed by atoms with Crippen molar-refractivity contribution in [3.05, 3.63) is 82.4 Å². The standard InChI is InChI=1S/C24H25N3O2/c1-16(2)14-27-15-21(19-8-3-4-9-20(19)24(27)29)23(28)25-12-11-17-13-26-22-10-6-5-7-18(17)22/h3-10,13,15-16,26H,11-12,14H2,1-2H3,(H,25,28). The average Bonchev–Trinajstić information content (AvgIpc) is 3.13. The van der Waals surface area contributed by atoms with Gasteiger partial charge in [0.25, 0.3) is 11.5 Å². The number of carbonyl (C=O) groups excluding carboxylic acids is 1. The van der Waals surface area contributed by atoms with Crippen LogP contribution in [0.3, 0.4) is 0 Å². The van der Waals surface area contributed by atoms with E-state index in [4.69, 9.17) is 0 Å². The predicted octanol–water partition coefficient (Wildman–Crippen LogP) is 4.11. The van der Waals surface area contributed by atoms with E-state index in [0.717, 1.165) is 11.9 Å². The van der Waals surface area contributed by atoms with E-state index < -0.39 is 0 Å². The van der Waals surface area contributed by atoms with Crippen molar-refractivity contribution in [2.45, 2.75) is 26.8 Å². The third kappa shape index (κ3) is 3.81. The summed E-state index contributed by atoms with van der Waals surface area (Å²) in [4.78, 5) is 29.0. The molecule has 2 aromatic carbocycles. The average molecular weight is 387 g/mol. The summed E-state index contributed by atoms with van der Waals surface area (Å²) >= 11 is 0. The van der Waals surface area contributed by atoms with Crippen LogP contribution >= 0.6 is 0 Å². The molecular weight excluding hydrogens is 362 g/mol. The van der Waals surface area contributed by atoms with Crippen LogP contribution in [0, 0.1) is 5.92 Å². The van der Waals surface area contributed by atoms with Crippen molar-refractivity contribution >= 4 is 27.6 Å². The molecule has 0 bridgehead atoms. The highest BCUT2D eigenvalue weighted by Crippen LogP contribution is 2.18. The molecule has 0 atom stereocenters. The van der Waals surface area contributed by atoms with Crippen LogP contribution in [-0.4, -0.2) is 22.0 Å². The number of carbonyl (C=O) groups is 1. The summed E-state index contributed by atoms with van der Waals surface area (Å²) in [5.41, 5.74) is 2.76. The molecule has 148 valence electrons. The van der Waals surface area contributed by atoms with Crippen LogP contribution in [0.25, 0.3) is 21.7 Å². The van der Waals surface area contributed by atoms with Crippen molar-refractivity contribution in [2.75, 3.05) is 6.54 Å². The maximum Gasteiger partial charge on any atom is 0.258 e. The highest BCUT2D eigenvalue weighted by Gasteiger charge is 2.15. The lowest BCUT2D eigenvalue weighted by Gasteiger charge is -2.14. The number of aromatic nitrogens is 2. The zero-order valence-corrected chi connectivity index (χ0v) is 16.7. The lowest BCUT2D eigenvalue weighted by molar-refractivity contribution is 0.0955. The van der Waals surface area contributed by atoms with E-state index in [1.807, 2.05) is 42.6 Å². The Hall–Kier alpha value is -3.34. The second-order valence-corrected chi connectivity index (χ2v) is 7.81. The second kappa shape index (κ2) is 7.95. The van der Waals surface area contributed by atoms with Gasteiger partial charge in [0, 0.05) is 47.2 Å². The number of H-pyrrole nitrogens is 1. The molecule has 0 aliphatic heterocycles. The highest BCUT2D eigenvalue weighted by molar-refractivity contribution is 6.06. The first kappa shape index (κ1) is 19.0. The van der Waals surface area contributed by atoms with E-state index in [0.29, 0.717) is 35.3 Å². The number of aromatic amines is 1. The molecule has 5 nitrogen and oxygen atoms in total. The highest BCUT2D eigenvalue weighted by atomic mass is 16.2. The van der Waals surface area contributed by atoms with Gasteiger partial charge >= 0.3 is 0 Å². The Morgan fingerprint density at radius 2 is 1.72 bits per heavy atom. The fraction of sp³-hybridized carbons (Fsp3) is 0.250. The van der Waals surface area contributed by atoms with Crippen LogP contribution in [-0.2, 0) is 13.0 Å². The first-order valence-corrected chi connectivity index (χ1v) is 10.00. The van der Waals surface area contributed by atoms with Crippen molar-refractivity contribution in [3.63, 3.8) is 0 Å². The molecule has 0 aliphatic rings. The maximum atomic E-state index is 13.0. The molecule has 29 heavy (non-hydrogen) atoms. The molecule has 0 saturated carbocycles. The summed E-state index contributed by atoms with van der Waals surface area (Å²) in [6.07, 6.45) is 4.43. The van der Waals surface area contributed by atoms with Gasteiger partial charge in [0.1, 0.15) is 0 Å². The number of hydrogen-bond donors (Lipinski definition) is 2. The lowest BCUT2D eigenvalue weighted by atomic mass is 10.1. The molecule has 0 radical (unpaired) electrons. The van der Waals surface area contributed by atoms with Crippen molar-refractivity contribution in [1.29, 1.82) is 0 Å². The Morgan fingerprint density at radius 3 is 2.48 bits per heavy atom. The van der Waals surface area contributed by atoms with Gasteiger partial charge in [0.15, 0.2) is 0 Å². The van der Waals surface area contributed by atoms with E-state index in [1.165, 1.54) is 10.9 Å². The lowest BCUT2D eigenvalue weighted by Crippen LogP contribution is -2.29. The number of nitrogens with zero attached hydrogens (tertiary/aromatic N) is 1. The maximum absolute atomic E-state index is 13.0. The van der Waals surface area contributed by atoms with Gasteiger partial charge in [-0.3, -0.25) is 9.59 Å². The number of benzene rings is 2. The van der Waals surface area contributed by atoms with Crippen LogP contribution in [0.2, 0.25) is 0 Å². The third-order valence-electron chi connectivity index (χ3n) is 5.15. The number of hydrogen-bond acceptors (Lipinski definition) is 2. The molecule has 2 aromatic heterocycles. The van der Waals surface area contributed by atoms with E-state index in [2.05, 4.69) is 30.2 Å². The summed E-state index contributed by atoms with van der Waals surface area (Å²) in [6, 6.07) is 15.5. The molecule has 2 heterocycles. The van der Waals surface area contributed by atoms with Crippen molar-refractivity contribution in [3.8, 4) is 0 Å². The van der Waals surface area contributed by atoms with Crippen molar-refractivity contribution < 1.29 is 4.79 Å². The minimum absolute atomic E-state index is 0.0513. The number of fused-ring (bicyclic) bond motifs is 2. The van der Waals surface area contributed by atoms with Gasteiger partial charge in [-0.2, -0.15) is 0 Å². The monoisotopic (exact) mass is 387 g/mol. The van der Waals surface area contributed by atoms with Crippen molar-refractivity contribution in [1.82, 2.24) is 14.9 Å². The summed E-state index contributed by atoms with van der Waals surface area (Å²) in [7, 11) is 0. The topological polar surface area (TPSA) is 66.9 Å². The van der Waals surface area contributed by atoms with Crippen LogP contribution in [0.4, 0.5) is 0 Å². The Bertz CT molecular complexity index is 1230. The number of para-hydroxylation sites is 1. The van der Waals surface area contributed by atoms with Gasteiger partial charge in [-0.25, -0.2) is 0 Å². The molecule has 4 rings (SSSR count). The summed E-state index contributed by atoms with van der Waals surface area (Å²) in [5.74, 6) is 0.158. The van der Waals surface area contributed by atoms with E-state index >= 15 is 0 Å². The van der Waals surface area contributed by atoms with E-state index in [9.17, 15) is 9.59 Å². The van der Waals surface area contributed by atoms with Gasteiger partial charge in [-0.1, -0.05) is 50.2 Å². The fourth-order valence-electron chi connectivity index (χ4n) is 3.80. The largest absolute Gasteiger partial charge is 0.361 e. The zero-order chi connectivity index (χ0) is 20.4. The van der Waals surface area contributed by atoms with Gasteiger partial charge < -0.3 is 14.9 Å². The van der Waals surface area contributed by atoms with Gasteiger partial charge in [0.05, 0.1) is 5.56 Å². The molecule has 4 aromatic rings. The first-order valence-electron chi connectivity index (χ1n) is 10.00. The quantitative estimate of drug-likeness (QED) is 0.523. The van der Waals surface area contributed by atoms with E-state index in [1.54, 1.807) is 16.8 Å². The molecule has 0 spiro atoms. The molecule has 0 saturated heterocycles. The van der Waals surface area contributed by atoms with Gasteiger partial charge in [-0.15, -0.1) is 0 Å². The third-order valence-corrected chi connectivity index (χ3v) is 5.15. The molecule has 0 unspecified atom stereocenters. The van der Waals surface area contributed by atoms with E-state index in [-0.39, 0.29) is 11.5 Å². The molecule has 0 fully saturated rings. The Labute approximate surface area is 169 Å². The number of pyridine rings is 1. The van der Waals surface area contributed by atoms with Gasteiger partial charge in [0.2, 0.25) is 0 Å². The fourth-order valence-corrected chi connectivity index (χ4v) is 3.80. The Kier molecular flexibility index (Phi) is 5.21. The minimum atomic E-state index is -0.154. The molecular formula is C24H25N3O2. The van der Waals surface area contributed by atoms with Crippen LogP contribution in [0.1, 0.15) is 29.8 Å². The van der Waals surface area contributed by atoms with Crippen molar-refractivity contribution in [2.24, 2.45) is 5.92 Å².